The van der Waals surface area contributed by atoms with Crippen LogP contribution in [0.1, 0.15) is 22.4 Å². The van der Waals surface area contributed by atoms with Gasteiger partial charge in [-0.3, -0.25) is 9.89 Å². The highest BCUT2D eigenvalue weighted by Crippen LogP contribution is 2.41. The third-order valence-corrected chi connectivity index (χ3v) is 9.11. The monoisotopic (exact) mass is 523 g/mol. The van der Waals surface area contributed by atoms with Gasteiger partial charge in [0.25, 0.3) is 0 Å². The second-order valence-electron chi connectivity index (χ2n) is 10.2. The van der Waals surface area contributed by atoms with Gasteiger partial charge in [-0.05, 0) is 61.6 Å². The third-order valence-electron chi connectivity index (χ3n) is 7.94. The Morgan fingerprint density at radius 1 is 1.11 bits per heavy atom. The lowest BCUT2D eigenvalue weighted by Gasteiger charge is -2.38. The van der Waals surface area contributed by atoms with Gasteiger partial charge in [-0.25, -0.2) is 9.97 Å². The lowest BCUT2D eigenvalue weighted by molar-refractivity contribution is -0.136. The molecule has 1 aliphatic heterocycles. The average Bonchev–Trinajstić information content (AvgIpc) is 3.57. The van der Waals surface area contributed by atoms with Crippen LogP contribution in [0.4, 0.5) is 17.2 Å². The number of carbonyl (C=O) groups excluding carboxylic acids is 1. The van der Waals surface area contributed by atoms with E-state index in [1.807, 2.05) is 18.3 Å². The molecule has 1 fully saturated rings. The Morgan fingerprint density at radius 3 is 2.84 bits per heavy atom. The number of H-pyrrole nitrogens is 1. The van der Waals surface area contributed by atoms with Gasteiger partial charge < -0.3 is 15.1 Å². The van der Waals surface area contributed by atoms with Crippen LogP contribution in [0, 0.1) is 12.8 Å². The summed E-state index contributed by atoms with van der Waals surface area (Å²) in [5.74, 6) is 1.16. The first-order valence-corrected chi connectivity index (χ1v) is 14.0. The SMILES string of the molecule is Cc1ccccc1N1CCN(C(=O)[C@H]2CCc3c(sc4ncnc(Nc5ccc6[nH]ncc6c5)c34)C2)CC1. The largest absolute Gasteiger partial charge is 0.368 e. The van der Waals surface area contributed by atoms with Gasteiger partial charge in [0, 0.05) is 53.7 Å². The van der Waals surface area contributed by atoms with Crippen molar-refractivity contribution in [1.29, 1.82) is 0 Å². The van der Waals surface area contributed by atoms with E-state index in [0.29, 0.717) is 5.91 Å². The fourth-order valence-corrected chi connectivity index (χ4v) is 7.18. The Balaban J connectivity index is 1.07. The van der Waals surface area contributed by atoms with Crippen LogP contribution in [0.25, 0.3) is 21.1 Å². The van der Waals surface area contributed by atoms with Crippen LogP contribution >= 0.6 is 11.3 Å². The molecule has 7 rings (SSSR count). The zero-order chi connectivity index (χ0) is 25.6. The van der Waals surface area contributed by atoms with E-state index in [1.54, 1.807) is 17.7 Å². The van der Waals surface area contributed by atoms with Crippen molar-refractivity contribution in [2.75, 3.05) is 36.4 Å². The molecule has 2 N–H and O–H groups in total. The number of hydrogen-bond donors (Lipinski definition) is 2. The predicted octanol–water partition coefficient (Wildman–Crippen LogP) is 5.07. The molecule has 0 spiro atoms. The normalized spacial score (nSPS) is 17.7. The van der Waals surface area contributed by atoms with Crippen LogP contribution < -0.4 is 10.2 Å². The van der Waals surface area contributed by atoms with Gasteiger partial charge in [-0.1, -0.05) is 18.2 Å². The molecule has 4 heterocycles. The van der Waals surface area contributed by atoms with Crippen LogP contribution in [0.15, 0.2) is 55.0 Å². The minimum atomic E-state index is 0.0356. The second-order valence-corrected chi connectivity index (χ2v) is 11.3. The first-order valence-electron chi connectivity index (χ1n) is 13.2. The Labute approximate surface area is 224 Å². The molecule has 1 aliphatic carbocycles. The van der Waals surface area contributed by atoms with E-state index in [1.165, 1.54) is 21.7 Å². The summed E-state index contributed by atoms with van der Waals surface area (Å²) in [5.41, 5.74) is 5.83. The zero-order valence-electron chi connectivity index (χ0n) is 21.3. The van der Waals surface area contributed by atoms with Crippen LogP contribution in [-0.4, -0.2) is 57.2 Å². The number of benzene rings is 2. The van der Waals surface area contributed by atoms with E-state index in [0.717, 1.165) is 78.1 Å². The standard InChI is InChI=1S/C29H29N7OS/c1-18-4-2-3-5-24(18)35-10-12-36(13-11-35)29(37)19-6-8-22-25(15-19)38-28-26(22)27(30-17-31-28)33-21-7-9-23-20(14-21)16-32-34-23/h2-5,7,9,14,16-17,19H,6,8,10-13,15H2,1H3,(H,32,34)(H,30,31,33)/t19-/m0/s1. The summed E-state index contributed by atoms with van der Waals surface area (Å²) in [6.07, 6.45) is 5.97. The van der Waals surface area contributed by atoms with Gasteiger partial charge in [0.2, 0.25) is 5.91 Å². The van der Waals surface area contributed by atoms with E-state index in [9.17, 15) is 4.79 Å². The lowest BCUT2D eigenvalue weighted by Crippen LogP contribution is -2.51. The van der Waals surface area contributed by atoms with Crippen molar-refractivity contribution in [3.63, 3.8) is 0 Å². The van der Waals surface area contributed by atoms with E-state index < -0.39 is 0 Å². The number of rotatable bonds is 4. The summed E-state index contributed by atoms with van der Waals surface area (Å²) in [5, 5.41) is 12.8. The van der Waals surface area contributed by atoms with E-state index in [4.69, 9.17) is 0 Å². The number of nitrogens with zero attached hydrogens (tertiary/aromatic N) is 5. The molecule has 3 aromatic heterocycles. The number of carbonyl (C=O) groups is 1. The predicted molar refractivity (Wildman–Crippen MR) is 152 cm³/mol. The fourth-order valence-electron chi connectivity index (χ4n) is 5.92. The quantitative estimate of drug-likeness (QED) is 0.342. The first-order chi connectivity index (χ1) is 18.6. The van der Waals surface area contributed by atoms with Gasteiger partial charge >= 0.3 is 0 Å². The number of aromatic amines is 1. The summed E-state index contributed by atoms with van der Waals surface area (Å²) < 4.78 is 0. The molecule has 1 saturated heterocycles. The van der Waals surface area contributed by atoms with Crippen molar-refractivity contribution in [2.45, 2.75) is 26.2 Å². The Morgan fingerprint density at radius 2 is 1.97 bits per heavy atom. The molecule has 1 amide bonds. The van der Waals surface area contributed by atoms with Crippen LogP contribution in [0.5, 0.6) is 0 Å². The summed E-state index contributed by atoms with van der Waals surface area (Å²) in [6.45, 7) is 5.48. The molecule has 0 radical (unpaired) electrons. The number of nitrogens with one attached hydrogen (secondary N) is 2. The number of anilines is 3. The number of thiophene rings is 1. The Kier molecular flexibility index (Phi) is 5.73. The maximum atomic E-state index is 13.5. The first kappa shape index (κ1) is 23.2. The van der Waals surface area contributed by atoms with Crippen LogP contribution in [-0.2, 0) is 17.6 Å². The number of fused-ring (bicyclic) bond motifs is 4. The van der Waals surface area contributed by atoms with Crippen molar-refractivity contribution < 1.29 is 4.79 Å². The molecule has 0 saturated carbocycles. The van der Waals surface area contributed by atoms with Crippen molar-refractivity contribution in [3.05, 3.63) is 71.0 Å². The average molecular weight is 524 g/mol. The zero-order valence-corrected chi connectivity index (χ0v) is 22.1. The molecule has 0 unspecified atom stereocenters. The smallest absolute Gasteiger partial charge is 0.226 e. The van der Waals surface area contributed by atoms with Gasteiger partial charge in [0.1, 0.15) is 17.0 Å². The van der Waals surface area contributed by atoms with Gasteiger partial charge in [0.05, 0.1) is 17.1 Å². The van der Waals surface area contributed by atoms with Crippen LogP contribution in [0.3, 0.4) is 0 Å². The van der Waals surface area contributed by atoms with Crippen LogP contribution in [0.2, 0.25) is 0 Å². The second kappa shape index (κ2) is 9.40. The minimum absolute atomic E-state index is 0.0356. The van der Waals surface area contributed by atoms with E-state index >= 15 is 0 Å². The highest BCUT2D eigenvalue weighted by atomic mass is 32.1. The molecular weight excluding hydrogens is 494 g/mol. The summed E-state index contributed by atoms with van der Waals surface area (Å²) in [7, 11) is 0. The molecule has 2 aliphatic rings. The molecule has 5 aromatic rings. The van der Waals surface area contributed by atoms with Gasteiger partial charge in [-0.15, -0.1) is 11.3 Å². The highest BCUT2D eigenvalue weighted by Gasteiger charge is 2.33. The Bertz CT molecular complexity index is 1650. The van der Waals surface area contributed by atoms with Crippen molar-refractivity contribution in [1.82, 2.24) is 25.1 Å². The molecule has 192 valence electrons. The maximum absolute atomic E-state index is 13.5. The summed E-state index contributed by atoms with van der Waals surface area (Å²) in [4.78, 5) is 29.5. The molecule has 9 heteroatoms. The third kappa shape index (κ3) is 4.07. The maximum Gasteiger partial charge on any atom is 0.226 e. The highest BCUT2D eigenvalue weighted by molar-refractivity contribution is 7.19. The number of piperazine rings is 1. The van der Waals surface area contributed by atoms with Crippen molar-refractivity contribution >= 4 is 55.6 Å². The molecule has 38 heavy (non-hydrogen) atoms. The summed E-state index contributed by atoms with van der Waals surface area (Å²) >= 11 is 1.71. The number of hydrogen-bond acceptors (Lipinski definition) is 7. The number of amides is 1. The van der Waals surface area contributed by atoms with Crippen molar-refractivity contribution in [2.24, 2.45) is 5.92 Å². The van der Waals surface area contributed by atoms with E-state index in [-0.39, 0.29) is 5.92 Å². The number of aromatic nitrogens is 4. The number of aryl methyl sites for hydroxylation is 2. The van der Waals surface area contributed by atoms with Gasteiger partial charge in [0.15, 0.2) is 0 Å². The molecule has 0 bridgehead atoms. The molecular formula is C29H29N7OS. The van der Waals surface area contributed by atoms with E-state index in [2.05, 4.69) is 72.5 Å². The fraction of sp³-hybridized carbons (Fsp3) is 0.310. The topological polar surface area (TPSA) is 90.0 Å². The molecule has 8 nitrogen and oxygen atoms in total. The van der Waals surface area contributed by atoms with Gasteiger partial charge in [-0.2, -0.15) is 5.10 Å². The molecule has 2 aromatic carbocycles. The minimum Gasteiger partial charge on any atom is -0.368 e. The lowest BCUT2D eigenvalue weighted by atomic mass is 9.86. The summed E-state index contributed by atoms with van der Waals surface area (Å²) in [6, 6.07) is 14.6. The van der Waals surface area contributed by atoms with Crippen molar-refractivity contribution in [3.8, 4) is 0 Å². The Hall–Kier alpha value is -3.98. The molecule has 1 atom stereocenters. The number of para-hydroxylation sites is 1.